The zero-order valence-corrected chi connectivity index (χ0v) is 21.0. The molecule has 1 N–H and O–H groups in total. The maximum absolute atomic E-state index is 13.7. The van der Waals surface area contributed by atoms with Gasteiger partial charge in [0.05, 0.1) is 17.1 Å². The molecule has 0 saturated carbocycles. The Balaban J connectivity index is 1.70. The van der Waals surface area contributed by atoms with Crippen molar-refractivity contribution in [2.24, 2.45) is 0 Å². The van der Waals surface area contributed by atoms with Crippen molar-refractivity contribution in [3.8, 4) is 0 Å². The van der Waals surface area contributed by atoms with Gasteiger partial charge in [0, 0.05) is 43.0 Å². The lowest BCUT2D eigenvalue weighted by molar-refractivity contribution is -0.138. The second kappa shape index (κ2) is 9.26. The third-order valence-corrected chi connectivity index (χ3v) is 9.73. The van der Waals surface area contributed by atoms with Gasteiger partial charge in [0.15, 0.2) is 0 Å². The quantitative estimate of drug-likeness (QED) is 0.489. The summed E-state index contributed by atoms with van der Waals surface area (Å²) in [6.45, 7) is 7.42. The van der Waals surface area contributed by atoms with Crippen LogP contribution in [-0.2, 0) is 15.5 Å². The summed E-state index contributed by atoms with van der Waals surface area (Å²) in [6, 6.07) is 9.15. The molecule has 186 valence electrons. The van der Waals surface area contributed by atoms with Gasteiger partial charge in [0.1, 0.15) is 18.8 Å². The fraction of sp³-hybridized carbons (Fsp3) is 0.400. The summed E-state index contributed by atoms with van der Waals surface area (Å²) < 4.78 is 54.0. The highest BCUT2D eigenvalue weighted by Crippen LogP contribution is 2.47. The highest BCUT2D eigenvalue weighted by Gasteiger charge is 2.34. The van der Waals surface area contributed by atoms with Gasteiger partial charge in [-0.1, -0.05) is 12.1 Å². The van der Waals surface area contributed by atoms with Gasteiger partial charge in [-0.2, -0.15) is 13.2 Å². The maximum atomic E-state index is 13.7. The fourth-order valence-electron chi connectivity index (χ4n) is 4.67. The maximum Gasteiger partial charge on any atom is 0.416 e. The Morgan fingerprint density at radius 2 is 1.80 bits per heavy atom. The van der Waals surface area contributed by atoms with E-state index in [9.17, 15) is 22.5 Å². The van der Waals surface area contributed by atoms with E-state index in [0.29, 0.717) is 58.8 Å². The van der Waals surface area contributed by atoms with Crippen LogP contribution >= 0.6 is 7.14 Å². The number of fused-ring (bicyclic) bond motifs is 1. The fourth-order valence-corrected chi connectivity index (χ4v) is 7.25. The van der Waals surface area contributed by atoms with Crippen molar-refractivity contribution in [1.82, 2.24) is 14.9 Å². The van der Waals surface area contributed by atoms with Crippen molar-refractivity contribution in [3.63, 3.8) is 0 Å². The van der Waals surface area contributed by atoms with E-state index < -0.39 is 24.9 Å². The number of amides is 1. The molecule has 0 bridgehead atoms. The number of aryl methyl sites for hydroxylation is 1. The molecule has 1 saturated heterocycles. The molecule has 35 heavy (non-hydrogen) atoms. The van der Waals surface area contributed by atoms with Gasteiger partial charge in [-0.3, -0.25) is 4.79 Å². The zero-order chi connectivity index (χ0) is 25.5. The molecule has 1 aliphatic heterocycles. The van der Waals surface area contributed by atoms with Gasteiger partial charge < -0.3 is 14.8 Å². The lowest BCUT2D eigenvalue weighted by Crippen LogP contribution is -2.39. The van der Waals surface area contributed by atoms with Crippen LogP contribution in [0.3, 0.4) is 0 Å². The monoisotopic (exact) mass is 504 g/mol. The number of nitrogens with one attached hydrogen (secondary N) is 1. The number of aromatic nitrogens is 2. The van der Waals surface area contributed by atoms with Gasteiger partial charge in [-0.15, -0.1) is 0 Å². The highest BCUT2D eigenvalue weighted by molar-refractivity contribution is 7.71. The molecule has 1 fully saturated rings. The molecule has 4 rings (SSSR count). The van der Waals surface area contributed by atoms with Crippen molar-refractivity contribution in [2.75, 3.05) is 30.7 Å². The van der Waals surface area contributed by atoms with Crippen molar-refractivity contribution >= 4 is 35.1 Å². The molecule has 0 spiro atoms. The lowest BCUT2D eigenvalue weighted by Gasteiger charge is -2.32. The molecule has 0 radical (unpaired) electrons. The topological polar surface area (TPSA) is 75.2 Å². The summed E-state index contributed by atoms with van der Waals surface area (Å²) in [5.41, 5.74) is 0.678. The van der Waals surface area contributed by atoms with E-state index in [1.165, 1.54) is 19.9 Å². The Bertz CT molecular complexity index is 1330. The Hall–Kier alpha value is -2.93. The molecule has 2 heterocycles. The number of alkyl halides is 3. The molecular formula is C25H28F3N4O2P. The Morgan fingerprint density at radius 3 is 2.43 bits per heavy atom. The van der Waals surface area contributed by atoms with Crippen LogP contribution in [0.4, 0.5) is 19.0 Å². The SMILES string of the molecule is CC(=O)N1CCP(=O)(c2ccc3nc(C)nc(N[C@H](C)c4cccc(C(F)(F)F)c4C)c3c2)CC1. The average molecular weight is 504 g/mol. The first-order chi connectivity index (χ1) is 16.4. The molecule has 3 aromatic rings. The van der Waals surface area contributed by atoms with Gasteiger partial charge in [-0.05, 0) is 56.2 Å². The van der Waals surface area contributed by atoms with E-state index in [-0.39, 0.29) is 11.5 Å². The van der Waals surface area contributed by atoms with Crippen molar-refractivity contribution in [3.05, 3.63) is 58.9 Å². The number of carbonyl (C=O) groups excluding carboxylic acids is 1. The molecule has 0 unspecified atom stereocenters. The van der Waals surface area contributed by atoms with Crippen LogP contribution in [0.2, 0.25) is 0 Å². The van der Waals surface area contributed by atoms with Crippen LogP contribution < -0.4 is 10.6 Å². The minimum absolute atomic E-state index is 0.0241. The van der Waals surface area contributed by atoms with Crippen molar-refractivity contribution in [2.45, 2.75) is 39.9 Å². The van der Waals surface area contributed by atoms with Crippen LogP contribution in [0, 0.1) is 13.8 Å². The van der Waals surface area contributed by atoms with E-state index in [2.05, 4.69) is 15.3 Å². The number of rotatable bonds is 4. The summed E-state index contributed by atoms with van der Waals surface area (Å²) in [5.74, 6) is 0.971. The molecule has 1 aromatic heterocycles. The van der Waals surface area contributed by atoms with Crippen molar-refractivity contribution < 1.29 is 22.5 Å². The number of nitrogens with zero attached hydrogens (tertiary/aromatic N) is 3. The van der Waals surface area contributed by atoms with E-state index >= 15 is 0 Å². The minimum atomic E-state index is -4.43. The molecule has 1 amide bonds. The summed E-state index contributed by atoms with van der Waals surface area (Å²) in [7, 11) is -2.71. The van der Waals surface area contributed by atoms with E-state index in [0.717, 1.165) is 6.07 Å². The number of anilines is 1. The number of benzene rings is 2. The molecule has 6 nitrogen and oxygen atoms in total. The Labute approximate surface area is 202 Å². The minimum Gasteiger partial charge on any atom is -0.363 e. The number of halogens is 3. The van der Waals surface area contributed by atoms with Gasteiger partial charge in [0.25, 0.3) is 0 Å². The lowest BCUT2D eigenvalue weighted by atomic mass is 9.97. The van der Waals surface area contributed by atoms with E-state index in [1.807, 2.05) is 18.2 Å². The molecule has 10 heteroatoms. The number of hydrogen-bond acceptors (Lipinski definition) is 5. The first-order valence-corrected chi connectivity index (χ1v) is 13.5. The van der Waals surface area contributed by atoms with Crippen molar-refractivity contribution in [1.29, 1.82) is 0 Å². The second-order valence-corrected chi connectivity index (χ2v) is 12.2. The molecule has 1 atom stereocenters. The smallest absolute Gasteiger partial charge is 0.363 e. The second-order valence-electron chi connectivity index (χ2n) is 9.05. The third-order valence-electron chi connectivity index (χ3n) is 6.67. The van der Waals surface area contributed by atoms with Gasteiger partial charge in [0.2, 0.25) is 5.91 Å². The first kappa shape index (κ1) is 25.2. The normalized spacial score (nSPS) is 16.8. The predicted molar refractivity (Wildman–Crippen MR) is 132 cm³/mol. The van der Waals surface area contributed by atoms with Crippen LogP contribution in [0.15, 0.2) is 36.4 Å². The van der Waals surface area contributed by atoms with Crippen LogP contribution in [0.5, 0.6) is 0 Å². The number of hydrogen-bond donors (Lipinski definition) is 1. The summed E-state index contributed by atoms with van der Waals surface area (Å²) in [5, 5.41) is 4.63. The summed E-state index contributed by atoms with van der Waals surface area (Å²) >= 11 is 0. The predicted octanol–water partition coefficient (Wildman–Crippen LogP) is 5.29. The average Bonchev–Trinajstić information content (AvgIpc) is 2.78. The van der Waals surface area contributed by atoms with E-state index in [4.69, 9.17) is 0 Å². The summed E-state index contributed by atoms with van der Waals surface area (Å²) in [4.78, 5) is 22.4. The third kappa shape index (κ3) is 5.06. The largest absolute Gasteiger partial charge is 0.416 e. The Morgan fingerprint density at radius 1 is 1.11 bits per heavy atom. The zero-order valence-electron chi connectivity index (χ0n) is 20.1. The van der Waals surface area contributed by atoms with Crippen LogP contribution in [0.1, 0.15) is 42.4 Å². The molecule has 0 aliphatic carbocycles. The molecule has 1 aliphatic rings. The first-order valence-electron chi connectivity index (χ1n) is 11.4. The van der Waals surface area contributed by atoms with E-state index in [1.54, 1.807) is 24.8 Å². The highest BCUT2D eigenvalue weighted by atomic mass is 31.2. The van der Waals surface area contributed by atoms with Crippen LogP contribution in [-0.4, -0.2) is 46.2 Å². The summed E-state index contributed by atoms with van der Waals surface area (Å²) in [6.07, 6.45) is -3.61. The standard InChI is InChI=1S/C25H28F3N4O2P/c1-15-20(6-5-7-22(15)25(26,27)28)16(2)29-24-21-14-19(8-9-23(21)30-17(3)31-24)35(34)12-10-32(11-13-35)18(4)33/h5-9,14,16H,10-13H2,1-4H3,(H,29,30,31)/t16-/m1/s1. The number of carbonyl (C=O) groups is 1. The molecular weight excluding hydrogens is 476 g/mol. The van der Waals surface area contributed by atoms with Gasteiger partial charge in [-0.25, -0.2) is 9.97 Å². The van der Waals surface area contributed by atoms with Crippen LogP contribution in [0.25, 0.3) is 10.9 Å². The van der Waals surface area contributed by atoms with Gasteiger partial charge >= 0.3 is 6.18 Å². The Kier molecular flexibility index (Phi) is 6.66. The molecule has 2 aromatic carbocycles.